The van der Waals surface area contributed by atoms with Gasteiger partial charge in [-0.1, -0.05) is 24.2 Å². The first-order valence-electron chi connectivity index (χ1n) is 8.60. The summed E-state index contributed by atoms with van der Waals surface area (Å²) in [5.74, 6) is 1.61. The van der Waals surface area contributed by atoms with Gasteiger partial charge in [0, 0.05) is 36.7 Å². The maximum Gasteiger partial charge on any atom is 0.191 e. The molecule has 1 saturated heterocycles. The first kappa shape index (κ1) is 17.8. The molecule has 0 saturated carbocycles. The largest absolute Gasteiger partial charge is 0.368 e. The molecule has 2 heterocycles. The van der Waals surface area contributed by atoms with Crippen molar-refractivity contribution in [1.82, 2.24) is 15.8 Å². The number of hydrogen-bond acceptors (Lipinski definition) is 4. The van der Waals surface area contributed by atoms with Crippen molar-refractivity contribution in [2.45, 2.75) is 32.4 Å². The quantitative estimate of drug-likeness (QED) is 0.591. The summed E-state index contributed by atoms with van der Waals surface area (Å²) in [5.41, 5.74) is 2.21. The van der Waals surface area contributed by atoms with Crippen LogP contribution in [0.3, 0.4) is 0 Å². The predicted octanol–water partition coefficient (Wildman–Crippen LogP) is 2.94. The Morgan fingerprint density at radius 3 is 3.00 bits per heavy atom. The van der Waals surface area contributed by atoms with Gasteiger partial charge in [-0.2, -0.15) is 0 Å². The van der Waals surface area contributed by atoms with Crippen molar-refractivity contribution < 1.29 is 4.52 Å². The summed E-state index contributed by atoms with van der Waals surface area (Å²) < 4.78 is 6.43. The number of nitrogens with one attached hydrogen (secondary N) is 2. The molecule has 0 bridgehead atoms. The number of aromatic nitrogens is 1. The van der Waals surface area contributed by atoms with Gasteiger partial charge in [-0.25, -0.2) is 0 Å². The Morgan fingerprint density at radius 1 is 1.44 bits per heavy atom. The molecule has 1 aromatic heterocycles. The molecule has 7 heteroatoms. The fourth-order valence-electron chi connectivity index (χ4n) is 2.97. The summed E-state index contributed by atoms with van der Waals surface area (Å²) in [5, 5.41) is 10.8. The second-order valence-electron chi connectivity index (χ2n) is 6.09. The van der Waals surface area contributed by atoms with E-state index in [-0.39, 0.29) is 0 Å². The van der Waals surface area contributed by atoms with Crippen molar-refractivity contribution in [2.75, 3.05) is 25.0 Å². The normalized spacial score (nSPS) is 17.8. The summed E-state index contributed by atoms with van der Waals surface area (Å²) in [7, 11) is 1.79. The van der Waals surface area contributed by atoms with Gasteiger partial charge < -0.3 is 20.1 Å². The fourth-order valence-corrected chi connectivity index (χ4v) is 3.51. The SMILES string of the molecule is CCc1cc(CNC(=NC)NC2CCN(c3ccccc3Br)C2)on1. The van der Waals surface area contributed by atoms with Crippen LogP contribution in [0.1, 0.15) is 24.8 Å². The summed E-state index contributed by atoms with van der Waals surface area (Å²) in [6.45, 7) is 4.62. The third kappa shape index (κ3) is 4.54. The van der Waals surface area contributed by atoms with Crippen LogP contribution in [0.15, 0.2) is 44.3 Å². The number of benzene rings is 1. The van der Waals surface area contributed by atoms with E-state index in [1.165, 1.54) is 5.69 Å². The minimum Gasteiger partial charge on any atom is -0.368 e. The van der Waals surface area contributed by atoms with Crippen LogP contribution < -0.4 is 15.5 Å². The second kappa shape index (κ2) is 8.38. The summed E-state index contributed by atoms with van der Waals surface area (Å²) >= 11 is 3.63. The lowest BCUT2D eigenvalue weighted by Gasteiger charge is -2.21. The highest BCUT2D eigenvalue weighted by Crippen LogP contribution is 2.28. The van der Waals surface area contributed by atoms with Crippen LogP contribution in [0.4, 0.5) is 5.69 Å². The number of aryl methyl sites for hydroxylation is 1. The Morgan fingerprint density at radius 2 is 2.28 bits per heavy atom. The predicted molar refractivity (Wildman–Crippen MR) is 104 cm³/mol. The molecule has 134 valence electrons. The first-order chi connectivity index (χ1) is 12.2. The van der Waals surface area contributed by atoms with Crippen LogP contribution in [0, 0.1) is 0 Å². The molecule has 1 atom stereocenters. The van der Waals surface area contributed by atoms with Gasteiger partial charge >= 0.3 is 0 Å². The lowest BCUT2D eigenvalue weighted by molar-refractivity contribution is 0.374. The maximum atomic E-state index is 5.30. The highest BCUT2D eigenvalue weighted by Gasteiger charge is 2.24. The molecule has 2 N–H and O–H groups in total. The van der Waals surface area contributed by atoms with E-state index in [4.69, 9.17) is 4.52 Å². The Kier molecular flexibility index (Phi) is 5.96. The summed E-state index contributed by atoms with van der Waals surface area (Å²) in [6, 6.07) is 10.7. The van der Waals surface area contributed by atoms with E-state index in [2.05, 4.69) is 66.7 Å². The minimum atomic E-state index is 0.360. The molecule has 25 heavy (non-hydrogen) atoms. The van der Waals surface area contributed by atoms with Crippen molar-refractivity contribution >= 4 is 27.6 Å². The molecule has 0 spiro atoms. The average Bonchev–Trinajstić information content (AvgIpc) is 3.28. The van der Waals surface area contributed by atoms with Crippen LogP contribution in [-0.4, -0.2) is 37.3 Å². The Balaban J connectivity index is 1.52. The van der Waals surface area contributed by atoms with Crippen molar-refractivity contribution in [3.05, 3.63) is 46.3 Å². The number of rotatable bonds is 5. The van der Waals surface area contributed by atoms with E-state index in [9.17, 15) is 0 Å². The Bertz CT molecular complexity index is 730. The molecule has 1 aliphatic heterocycles. The van der Waals surface area contributed by atoms with Crippen LogP contribution >= 0.6 is 15.9 Å². The maximum absolute atomic E-state index is 5.30. The van der Waals surface area contributed by atoms with Crippen LogP contribution in [-0.2, 0) is 13.0 Å². The van der Waals surface area contributed by atoms with E-state index in [1.807, 2.05) is 12.1 Å². The van der Waals surface area contributed by atoms with E-state index >= 15 is 0 Å². The number of para-hydroxylation sites is 1. The highest BCUT2D eigenvalue weighted by atomic mass is 79.9. The summed E-state index contributed by atoms with van der Waals surface area (Å²) in [6.07, 6.45) is 1.95. The van der Waals surface area contributed by atoms with E-state index in [0.29, 0.717) is 12.6 Å². The monoisotopic (exact) mass is 405 g/mol. The van der Waals surface area contributed by atoms with Crippen molar-refractivity contribution in [3.8, 4) is 0 Å². The molecular formula is C18H24BrN5O. The lowest BCUT2D eigenvalue weighted by Crippen LogP contribution is -2.44. The van der Waals surface area contributed by atoms with Gasteiger partial charge in [0.1, 0.15) is 0 Å². The number of aliphatic imine (C=N–C) groups is 1. The number of halogens is 1. The van der Waals surface area contributed by atoms with Gasteiger partial charge in [0.2, 0.25) is 0 Å². The smallest absolute Gasteiger partial charge is 0.191 e. The minimum absolute atomic E-state index is 0.360. The first-order valence-corrected chi connectivity index (χ1v) is 9.40. The van der Waals surface area contributed by atoms with Crippen molar-refractivity contribution in [1.29, 1.82) is 0 Å². The number of hydrogen-bond donors (Lipinski definition) is 2. The third-order valence-corrected chi connectivity index (χ3v) is 5.02. The number of nitrogens with zero attached hydrogens (tertiary/aromatic N) is 3. The lowest BCUT2D eigenvalue weighted by atomic mass is 10.2. The Labute approximate surface area is 156 Å². The van der Waals surface area contributed by atoms with Gasteiger partial charge in [0.05, 0.1) is 17.9 Å². The summed E-state index contributed by atoms with van der Waals surface area (Å²) in [4.78, 5) is 6.70. The van der Waals surface area contributed by atoms with Crippen molar-refractivity contribution in [2.24, 2.45) is 4.99 Å². The molecule has 1 fully saturated rings. The molecule has 2 aromatic rings. The van der Waals surface area contributed by atoms with Crippen LogP contribution in [0.5, 0.6) is 0 Å². The molecule has 6 nitrogen and oxygen atoms in total. The van der Waals surface area contributed by atoms with E-state index in [0.717, 1.165) is 47.8 Å². The zero-order valence-corrected chi connectivity index (χ0v) is 16.2. The standard InChI is InChI=1S/C18H24BrN5O/c1-3-13-10-15(25-23-13)11-21-18(20-2)22-14-8-9-24(12-14)17-7-5-4-6-16(17)19/h4-7,10,14H,3,8-9,11-12H2,1-2H3,(H2,20,21,22). The molecule has 0 aliphatic carbocycles. The molecule has 0 radical (unpaired) electrons. The molecule has 1 aromatic carbocycles. The molecule has 3 rings (SSSR count). The average molecular weight is 406 g/mol. The highest BCUT2D eigenvalue weighted by molar-refractivity contribution is 9.10. The molecule has 1 unspecified atom stereocenters. The molecule has 1 aliphatic rings. The molecule has 0 amide bonds. The van der Waals surface area contributed by atoms with Gasteiger partial charge in [0.15, 0.2) is 11.7 Å². The fraction of sp³-hybridized carbons (Fsp3) is 0.444. The van der Waals surface area contributed by atoms with Gasteiger partial charge in [-0.3, -0.25) is 4.99 Å². The van der Waals surface area contributed by atoms with E-state index in [1.54, 1.807) is 7.05 Å². The number of anilines is 1. The van der Waals surface area contributed by atoms with Gasteiger partial charge in [-0.15, -0.1) is 0 Å². The second-order valence-corrected chi connectivity index (χ2v) is 6.95. The number of guanidine groups is 1. The zero-order chi connectivity index (χ0) is 17.6. The van der Waals surface area contributed by atoms with Gasteiger partial charge in [0.25, 0.3) is 0 Å². The van der Waals surface area contributed by atoms with Crippen LogP contribution in [0.2, 0.25) is 0 Å². The van der Waals surface area contributed by atoms with Gasteiger partial charge in [-0.05, 0) is 40.9 Å². The van der Waals surface area contributed by atoms with Crippen molar-refractivity contribution in [3.63, 3.8) is 0 Å². The topological polar surface area (TPSA) is 65.7 Å². The molecular weight excluding hydrogens is 382 g/mol. The van der Waals surface area contributed by atoms with E-state index < -0.39 is 0 Å². The third-order valence-electron chi connectivity index (χ3n) is 4.35. The zero-order valence-electron chi connectivity index (χ0n) is 14.6. The Hall–Kier alpha value is -2.02. The van der Waals surface area contributed by atoms with Crippen LogP contribution in [0.25, 0.3) is 0 Å².